The predicted molar refractivity (Wildman–Crippen MR) is 76.4 cm³/mol. The van der Waals surface area contributed by atoms with Crippen LogP contribution in [0.4, 0.5) is 5.69 Å². The van der Waals surface area contributed by atoms with Gasteiger partial charge in [-0.2, -0.15) is 0 Å². The topological polar surface area (TPSA) is 55.6 Å². The van der Waals surface area contributed by atoms with Gasteiger partial charge in [-0.25, -0.2) is 0 Å². The number of hydrogen-bond donors (Lipinski definition) is 1. The van der Waals surface area contributed by atoms with Gasteiger partial charge < -0.3 is 10.5 Å². The molecule has 1 aliphatic heterocycles. The van der Waals surface area contributed by atoms with Crippen molar-refractivity contribution in [2.24, 2.45) is 0 Å². The van der Waals surface area contributed by atoms with Gasteiger partial charge in [0.25, 0.3) is 0 Å². The van der Waals surface area contributed by atoms with E-state index in [1.807, 2.05) is 18.2 Å². The van der Waals surface area contributed by atoms with Crippen LogP contribution in [0.1, 0.15) is 25.3 Å². The number of ketones is 1. The number of carbonyl (C=O) groups is 1. The summed E-state index contributed by atoms with van der Waals surface area (Å²) in [7, 11) is 0. The minimum Gasteiger partial charge on any atom is -0.492 e. The molecule has 0 radical (unpaired) electrons. The number of anilines is 1. The number of ether oxygens (including phenoxy) is 1. The molecule has 0 bridgehead atoms. The Hall–Kier alpha value is -1.55. The molecule has 0 aliphatic carbocycles. The van der Waals surface area contributed by atoms with E-state index in [2.05, 4.69) is 11.8 Å². The number of carbonyl (C=O) groups excluding carboxylic acids is 1. The first-order valence-electron chi connectivity index (χ1n) is 6.93. The van der Waals surface area contributed by atoms with Gasteiger partial charge in [-0.3, -0.25) is 9.69 Å². The van der Waals surface area contributed by atoms with Crippen LogP contribution < -0.4 is 10.5 Å². The Balaban J connectivity index is 1.79. The highest BCUT2D eigenvalue weighted by Crippen LogP contribution is 2.19. The fourth-order valence-electron chi connectivity index (χ4n) is 2.29. The van der Waals surface area contributed by atoms with Gasteiger partial charge in [-0.1, -0.05) is 6.92 Å². The van der Waals surface area contributed by atoms with Gasteiger partial charge in [0.05, 0.1) is 0 Å². The lowest BCUT2D eigenvalue weighted by Gasteiger charge is -2.25. The highest BCUT2D eigenvalue weighted by atomic mass is 16.5. The van der Waals surface area contributed by atoms with Gasteiger partial charge in [0.15, 0.2) is 0 Å². The molecule has 1 aromatic carbocycles. The second kappa shape index (κ2) is 6.57. The van der Waals surface area contributed by atoms with Crippen molar-refractivity contribution in [3.05, 3.63) is 23.8 Å². The normalized spacial score (nSPS) is 16.6. The smallest absolute Gasteiger partial charge is 0.135 e. The number of nitrogen functional groups attached to an aromatic ring is 1. The van der Waals surface area contributed by atoms with E-state index in [1.165, 1.54) is 5.56 Å². The number of Topliss-reactive ketones (excluding diaryl/α,β-unsaturated/α-hetero) is 1. The minimum absolute atomic E-state index is 0.376. The molecule has 0 saturated carbocycles. The number of aryl methyl sites for hydroxylation is 1. The Morgan fingerprint density at radius 1 is 1.26 bits per heavy atom. The van der Waals surface area contributed by atoms with E-state index >= 15 is 0 Å². The van der Waals surface area contributed by atoms with E-state index in [1.54, 1.807) is 0 Å². The molecule has 0 spiro atoms. The summed E-state index contributed by atoms with van der Waals surface area (Å²) in [4.78, 5) is 13.4. The number of likely N-dealkylation sites (tertiary alicyclic amines) is 1. The molecule has 0 amide bonds. The molecular formula is C15H22N2O2. The summed E-state index contributed by atoms with van der Waals surface area (Å²) in [6, 6.07) is 5.87. The second-order valence-electron chi connectivity index (χ2n) is 4.99. The highest BCUT2D eigenvalue weighted by Gasteiger charge is 2.15. The van der Waals surface area contributed by atoms with E-state index in [4.69, 9.17) is 10.5 Å². The Bertz CT molecular complexity index is 436. The Morgan fingerprint density at radius 2 is 2.00 bits per heavy atom. The molecule has 104 valence electrons. The molecule has 0 unspecified atom stereocenters. The van der Waals surface area contributed by atoms with Crippen LogP contribution in [-0.2, 0) is 11.2 Å². The molecule has 1 fully saturated rings. The van der Waals surface area contributed by atoms with Crippen molar-refractivity contribution in [1.29, 1.82) is 0 Å². The lowest BCUT2D eigenvalue weighted by atomic mass is 10.1. The van der Waals surface area contributed by atoms with E-state index in [0.29, 0.717) is 25.2 Å². The van der Waals surface area contributed by atoms with Gasteiger partial charge >= 0.3 is 0 Å². The van der Waals surface area contributed by atoms with Crippen LogP contribution >= 0.6 is 0 Å². The van der Waals surface area contributed by atoms with Crippen LogP contribution in [0.2, 0.25) is 0 Å². The van der Waals surface area contributed by atoms with Gasteiger partial charge in [-0.15, -0.1) is 0 Å². The molecule has 19 heavy (non-hydrogen) atoms. The van der Waals surface area contributed by atoms with Crippen LogP contribution in [0.3, 0.4) is 0 Å². The summed E-state index contributed by atoms with van der Waals surface area (Å²) in [5, 5.41) is 0. The predicted octanol–water partition coefficient (Wildman–Crippen LogP) is 1.87. The maximum Gasteiger partial charge on any atom is 0.135 e. The number of rotatable bonds is 5. The summed E-state index contributed by atoms with van der Waals surface area (Å²) < 4.78 is 5.75. The number of benzene rings is 1. The average molecular weight is 262 g/mol. The monoisotopic (exact) mass is 262 g/mol. The van der Waals surface area contributed by atoms with Crippen molar-refractivity contribution in [2.75, 3.05) is 32.0 Å². The molecule has 2 N–H and O–H groups in total. The SMILES string of the molecule is CCc1cc(N)cc(OCCN2CCC(=O)CC2)c1. The second-order valence-corrected chi connectivity index (χ2v) is 4.99. The summed E-state index contributed by atoms with van der Waals surface area (Å²) in [5.41, 5.74) is 7.78. The molecule has 4 heteroatoms. The zero-order chi connectivity index (χ0) is 13.7. The van der Waals surface area contributed by atoms with Gasteiger partial charge in [0, 0.05) is 44.2 Å². The van der Waals surface area contributed by atoms with Gasteiger partial charge in [0.2, 0.25) is 0 Å². The van der Waals surface area contributed by atoms with Gasteiger partial charge in [0.1, 0.15) is 18.1 Å². The first-order valence-corrected chi connectivity index (χ1v) is 6.93. The maximum absolute atomic E-state index is 11.1. The summed E-state index contributed by atoms with van der Waals surface area (Å²) in [5.74, 6) is 1.21. The lowest BCUT2D eigenvalue weighted by molar-refractivity contribution is -0.121. The van der Waals surface area contributed by atoms with Crippen LogP contribution in [0.5, 0.6) is 5.75 Å². The molecule has 1 saturated heterocycles. The molecular weight excluding hydrogens is 240 g/mol. The largest absolute Gasteiger partial charge is 0.492 e. The standard InChI is InChI=1S/C15H22N2O2/c1-2-12-9-13(16)11-15(10-12)19-8-7-17-5-3-14(18)4-6-17/h9-11H,2-8,16H2,1H3. The van der Waals surface area contributed by atoms with Crippen LogP contribution in [0.25, 0.3) is 0 Å². The van der Waals surface area contributed by atoms with Crippen molar-refractivity contribution in [3.8, 4) is 5.75 Å². The summed E-state index contributed by atoms with van der Waals surface area (Å²) >= 11 is 0. The lowest BCUT2D eigenvalue weighted by Crippen LogP contribution is -2.36. The molecule has 1 aliphatic rings. The van der Waals surface area contributed by atoms with E-state index < -0.39 is 0 Å². The van der Waals surface area contributed by atoms with Crippen molar-refractivity contribution >= 4 is 11.5 Å². The zero-order valence-corrected chi connectivity index (χ0v) is 11.5. The first kappa shape index (κ1) is 13.9. The summed E-state index contributed by atoms with van der Waals surface area (Å²) in [6.45, 7) is 5.33. The van der Waals surface area contributed by atoms with Crippen LogP contribution in [0, 0.1) is 0 Å². The minimum atomic E-state index is 0.376. The first-order chi connectivity index (χ1) is 9.17. The maximum atomic E-state index is 11.1. The van der Waals surface area contributed by atoms with Crippen molar-refractivity contribution < 1.29 is 9.53 Å². The Labute approximate surface area is 114 Å². The third kappa shape index (κ3) is 4.24. The highest BCUT2D eigenvalue weighted by molar-refractivity contribution is 5.79. The van der Waals surface area contributed by atoms with E-state index in [-0.39, 0.29) is 0 Å². The average Bonchev–Trinajstić information content (AvgIpc) is 2.40. The molecule has 1 heterocycles. The number of hydrogen-bond acceptors (Lipinski definition) is 4. The third-order valence-electron chi connectivity index (χ3n) is 3.49. The quantitative estimate of drug-likeness (QED) is 0.823. The number of nitrogens with two attached hydrogens (primary N) is 1. The fourth-order valence-corrected chi connectivity index (χ4v) is 2.29. The van der Waals surface area contributed by atoms with Crippen molar-refractivity contribution in [2.45, 2.75) is 26.2 Å². The Morgan fingerprint density at radius 3 is 2.68 bits per heavy atom. The van der Waals surface area contributed by atoms with Crippen molar-refractivity contribution in [3.63, 3.8) is 0 Å². The van der Waals surface area contributed by atoms with Gasteiger partial charge in [-0.05, 0) is 24.1 Å². The number of piperidine rings is 1. The fraction of sp³-hybridized carbons (Fsp3) is 0.533. The molecule has 1 aromatic rings. The van der Waals surface area contributed by atoms with E-state index in [0.717, 1.165) is 37.5 Å². The van der Waals surface area contributed by atoms with E-state index in [9.17, 15) is 4.79 Å². The molecule has 0 aromatic heterocycles. The molecule has 2 rings (SSSR count). The Kier molecular flexibility index (Phi) is 4.80. The number of nitrogens with zero attached hydrogens (tertiary/aromatic N) is 1. The third-order valence-corrected chi connectivity index (χ3v) is 3.49. The van der Waals surface area contributed by atoms with Crippen molar-refractivity contribution in [1.82, 2.24) is 4.90 Å². The van der Waals surface area contributed by atoms with Crippen LogP contribution in [-0.4, -0.2) is 36.9 Å². The zero-order valence-electron chi connectivity index (χ0n) is 11.5. The molecule has 0 atom stereocenters. The van der Waals surface area contributed by atoms with Crippen LogP contribution in [0.15, 0.2) is 18.2 Å². The summed E-state index contributed by atoms with van der Waals surface area (Å²) in [6.07, 6.45) is 2.31. The molecule has 4 nitrogen and oxygen atoms in total.